The van der Waals surface area contributed by atoms with E-state index in [1.807, 2.05) is 18.2 Å². The van der Waals surface area contributed by atoms with Crippen molar-refractivity contribution in [2.45, 2.75) is 0 Å². The topological polar surface area (TPSA) is 62.1 Å². The van der Waals surface area contributed by atoms with Crippen molar-refractivity contribution in [1.29, 1.82) is 5.26 Å². The van der Waals surface area contributed by atoms with Crippen molar-refractivity contribution in [1.82, 2.24) is 0 Å². The fourth-order valence-corrected chi connectivity index (χ4v) is 1.99. The first kappa shape index (κ1) is 14.1. The summed E-state index contributed by atoms with van der Waals surface area (Å²) < 4.78 is 6.23. The van der Waals surface area contributed by atoms with Gasteiger partial charge in [0.05, 0.1) is 5.56 Å². The van der Waals surface area contributed by atoms with E-state index in [0.29, 0.717) is 17.0 Å². The van der Waals surface area contributed by atoms with E-state index in [2.05, 4.69) is 21.2 Å². The number of carbonyl (C=O) groups excluding carboxylic acids is 1. The Kier molecular flexibility index (Phi) is 4.75. The highest BCUT2D eigenvalue weighted by atomic mass is 79.9. The second-order valence-corrected chi connectivity index (χ2v) is 4.87. The third-order valence-electron chi connectivity index (χ3n) is 2.47. The van der Waals surface area contributed by atoms with Crippen molar-refractivity contribution >= 4 is 27.5 Å². The third-order valence-corrected chi connectivity index (χ3v) is 2.97. The van der Waals surface area contributed by atoms with Gasteiger partial charge in [-0.05, 0) is 30.3 Å². The monoisotopic (exact) mass is 330 g/mol. The van der Waals surface area contributed by atoms with Crippen molar-refractivity contribution in [2.24, 2.45) is 0 Å². The molecule has 20 heavy (non-hydrogen) atoms. The van der Waals surface area contributed by atoms with Crippen LogP contribution in [0.5, 0.6) is 5.75 Å². The average molecular weight is 331 g/mol. The minimum absolute atomic E-state index is 0.148. The van der Waals surface area contributed by atoms with E-state index in [9.17, 15) is 4.79 Å². The molecule has 0 aromatic heterocycles. The number of hydrogen-bond donors (Lipinski definition) is 1. The Morgan fingerprint density at radius 2 is 2.05 bits per heavy atom. The number of anilines is 1. The van der Waals surface area contributed by atoms with Gasteiger partial charge in [-0.3, -0.25) is 4.79 Å². The zero-order valence-corrected chi connectivity index (χ0v) is 12.1. The standard InChI is InChI=1S/C15H11BrN2O2/c16-12-5-3-6-13(8-12)18-15(19)10-20-14-7-2-1-4-11(14)9-17/h1-8H,10H2,(H,18,19). The molecule has 0 saturated carbocycles. The molecule has 0 aliphatic heterocycles. The van der Waals surface area contributed by atoms with E-state index in [-0.39, 0.29) is 12.5 Å². The predicted molar refractivity (Wildman–Crippen MR) is 79.4 cm³/mol. The van der Waals surface area contributed by atoms with Crippen LogP contribution >= 0.6 is 15.9 Å². The molecule has 2 aromatic carbocycles. The quantitative estimate of drug-likeness (QED) is 0.935. The number of carbonyl (C=O) groups is 1. The van der Waals surface area contributed by atoms with Crippen molar-refractivity contribution in [3.63, 3.8) is 0 Å². The molecule has 2 aromatic rings. The number of nitrogens with one attached hydrogen (secondary N) is 1. The van der Waals surface area contributed by atoms with Gasteiger partial charge in [0.1, 0.15) is 11.8 Å². The van der Waals surface area contributed by atoms with Gasteiger partial charge in [0, 0.05) is 10.2 Å². The fourth-order valence-electron chi connectivity index (χ4n) is 1.59. The largest absolute Gasteiger partial charge is 0.482 e. The molecule has 0 atom stereocenters. The van der Waals surface area contributed by atoms with Gasteiger partial charge in [0.2, 0.25) is 0 Å². The molecule has 1 amide bonds. The lowest BCUT2D eigenvalue weighted by atomic mass is 10.2. The van der Waals surface area contributed by atoms with Gasteiger partial charge < -0.3 is 10.1 Å². The number of nitrogens with zero attached hydrogens (tertiary/aromatic N) is 1. The maximum Gasteiger partial charge on any atom is 0.262 e. The van der Waals surface area contributed by atoms with Crippen molar-refractivity contribution < 1.29 is 9.53 Å². The molecule has 5 heteroatoms. The maximum atomic E-state index is 11.8. The van der Waals surface area contributed by atoms with Crippen LogP contribution in [0.2, 0.25) is 0 Å². The van der Waals surface area contributed by atoms with Crippen LogP contribution in [0.25, 0.3) is 0 Å². The summed E-state index contributed by atoms with van der Waals surface area (Å²) in [6, 6.07) is 16.1. The second-order valence-electron chi connectivity index (χ2n) is 3.96. The molecule has 0 heterocycles. The fraction of sp³-hybridized carbons (Fsp3) is 0.0667. The molecule has 100 valence electrons. The van der Waals surface area contributed by atoms with Gasteiger partial charge in [-0.2, -0.15) is 5.26 Å². The molecule has 0 spiro atoms. The molecule has 0 aliphatic rings. The van der Waals surface area contributed by atoms with Crippen molar-refractivity contribution in [3.05, 3.63) is 58.6 Å². The number of rotatable bonds is 4. The molecular weight excluding hydrogens is 320 g/mol. The summed E-state index contributed by atoms with van der Waals surface area (Å²) in [5, 5.41) is 11.6. The number of nitriles is 1. The first-order valence-electron chi connectivity index (χ1n) is 5.86. The highest BCUT2D eigenvalue weighted by Crippen LogP contribution is 2.17. The molecule has 0 saturated heterocycles. The second kappa shape index (κ2) is 6.73. The van der Waals surface area contributed by atoms with E-state index in [4.69, 9.17) is 10.00 Å². The summed E-state index contributed by atoms with van der Waals surface area (Å²) in [5.41, 5.74) is 1.09. The normalized spacial score (nSPS) is 9.60. The number of ether oxygens (including phenoxy) is 1. The Balaban J connectivity index is 1.94. The number of halogens is 1. The summed E-state index contributed by atoms with van der Waals surface area (Å²) in [4.78, 5) is 11.8. The SMILES string of the molecule is N#Cc1ccccc1OCC(=O)Nc1cccc(Br)c1. The van der Waals surface area contributed by atoms with Gasteiger partial charge in [-0.1, -0.05) is 34.1 Å². The van der Waals surface area contributed by atoms with E-state index in [1.165, 1.54) is 0 Å². The summed E-state index contributed by atoms with van der Waals surface area (Å²) >= 11 is 3.33. The summed E-state index contributed by atoms with van der Waals surface area (Å²) in [5.74, 6) is 0.121. The average Bonchev–Trinajstić information content (AvgIpc) is 2.45. The first-order valence-corrected chi connectivity index (χ1v) is 6.65. The van der Waals surface area contributed by atoms with Gasteiger partial charge >= 0.3 is 0 Å². The Labute approximate surface area is 125 Å². The molecule has 0 aliphatic carbocycles. The molecule has 0 radical (unpaired) electrons. The van der Waals surface area contributed by atoms with Crippen molar-refractivity contribution in [3.8, 4) is 11.8 Å². The Hall–Kier alpha value is -2.32. The molecule has 0 unspecified atom stereocenters. The van der Waals surface area contributed by atoms with Crippen LogP contribution in [0.1, 0.15) is 5.56 Å². The lowest BCUT2D eigenvalue weighted by Gasteiger charge is -2.08. The highest BCUT2D eigenvalue weighted by Gasteiger charge is 2.06. The molecule has 4 nitrogen and oxygen atoms in total. The zero-order valence-electron chi connectivity index (χ0n) is 10.5. The number of benzene rings is 2. The van der Waals surface area contributed by atoms with Gasteiger partial charge in [0.15, 0.2) is 6.61 Å². The smallest absolute Gasteiger partial charge is 0.262 e. The lowest BCUT2D eigenvalue weighted by Crippen LogP contribution is -2.20. The predicted octanol–water partition coefficient (Wildman–Crippen LogP) is 3.34. The van der Waals surface area contributed by atoms with Crippen molar-refractivity contribution in [2.75, 3.05) is 11.9 Å². The van der Waals surface area contributed by atoms with Crippen LogP contribution in [-0.4, -0.2) is 12.5 Å². The van der Waals surface area contributed by atoms with Crippen LogP contribution in [0.4, 0.5) is 5.69 Å². The van der Waals surface area contributed by atoms with Gasteiger partial charge in [-0.15, -0.1) is 0 Å². The van der Waals surface area contributed by atoms with E-state index in [1.54, 1.807) is 36.4 Å². The molecule has 0 fully saturated rings. The first-order chi connectivity index (χ1) is 9.69. The molecule has 2 rings (SSSR count). The third kappa shape index (κ3) is 3.84. The van der Waals surface area contributed by atoms with E-state index < -0.39 is 0 Å². The minimum atomic E-state index is -0.282. The van der Waals surface area contributed by atoms with Crippen LogP contribution < -0.4 is 10.1 Å². The van der Waals surface area contributed by atoms with Crippen LogP contribution in [0.15, 0.2) is 53.0 Å². The molecule has 1 N–H and O–H groups in total. The maximum absolute atomic E-state index is 11.8. The zero-order chi connectivity index (χ0) is 14.4. The Morgan fingerprint density at radius 1 is 1.25 bits per heavy atom. The van der Waals surface area contributed by atoms with E-state index >= 15 is 0 Å². The Bertz CT molecular complexity index is 665. The summed E-state index contributed by atoms with van der Waals surface area (Å²) in [6.07, 6.45) is 0. The molecular formula is C15H11BrN2O2. The van der Waals surface area contributed by atoms with Gasteiger partial charge in [0.25, 0.3) is 5.91 Å². The summed E-state index contributed by atoms with van der Waals surface area (Å²) in [6.45, 7) is -0.148. The van der Waals surface area contributed by atoms with Crippen LogP contribution in [-0.2, 0) is 4.79 Å². The minimum Gasteiger partial charge on any atom is -0.482 e. The number of para-hydroxylation sites is 1. The lowest BCUT2D eigenvalue weighted by molar-refractivity contribution is -0.118. The van der Waals surface area contributed by atoms with Crippen LogP contribution in [0.3, 0.4) is 0 Å². The Morgan fingerprint density at radius 3 is 2.80 bits per heavy atom. The van der Waals surface area contributed by atoms with Crippen LogP contribution in [0, 0.1) is 11.3 Å². The van der Waals surface area contributed by atoms with E-state index in [0.717, 1.165) is 4.47 Å². The highest BCUT2D eigenvalue weighted by molar-refractivity contribution is 9.10. The summed E-state index contributed by atoms with van der Waals surface area (Å²) in [7, 11) is 0. The molecule has 0 bridgehead atoms. The van der Waals surface area contributed by atoms with Gasteiger partial charge in [-0.25, -0.2) is 0 Å². The number of amides is 1. The number of hydrogen-bond acceptors (Lipinski definition) is 3.